The van der Waals surface area contributed by atoms with Crippen LogP contribution in [0.15, 0.2) is 27.6 Å². The average molecular weight is 332 g/mol. The lowest BCUT2D eigenvalue weighted by molar-refractivity contribution is 0.199. The first kappa shape index (κ1) is 16.0. The Morgan fingerprint density at radius 3 is 2.83 bits per heavy atom. The van der Waals surface area contributed by atoms with Gasteiger partial charge in [0.05, 0.1) is 6.61 Å². The van der Waals surface area contributed by atoms with Crippen molar-refractivity contribution in [3.8, 4) is 0 Å². The van der Waals surface area contributed by atoms with E-state index in [0.29, 0.717) is 5.92 Å². The maximum absolute atomic E-state index is 5.03. The van der Waals surface area contributed by atoms with Gasteiger partial charge in [-0.05, 0) is 23.6 Å². The average Bonchev–Trinajstić information content (AvgIpc) is 2.34. The number of halogens is 1. The molecular formula is C14H22BrNOS. The third kappa shape index (κ3) is 6.23. The standard InChI is InChI=1S/C14H22BrNOS/c1-11(2)10-18-14-8-13(15)5-4-12(14)9-16-6-7-17-3/h4-5,8,11,16H,6-7,9-10H2,1-3H3. The quantitative estimate of drug-likeness (QED) is 0.576. The van der Waals surface area contributed by atoms with Gasteiger partial charge in [-0.1, -0.05) is 35.8 Å². The Bertz CT molecular complexity index is 358. The van der Waals surface area contributed by atoms with E-state index in [1.54, 1.807) is 7.11 Å². The number of methoxy groups -OCH3 is 1. The number of nitrogens with one attached hydrogen (secondary N) is 1. The minimum absolute atomic E-state index is 0.711. The molecule has 0 aliphatic heterocycles. The maximum Gasteiger partial charge on any atom is 0.0587 e. The summed E-state index contributed by atoms with van der Waals surface area (Å²) in [4.78, 5) is 1.36. The Morgan fingerprint density at radius 2 is 2.17 bits per heavy atom. The van der Waals surface area contributed by atoms with Crippen LogP contribution in [0.4, 0.5) is 0 Å². The maximum atomic E-state index is 5.03. The zero-order valence-electron chi connectivity index (χ0n) is 11.3. The monoisotopic (exact) mass is 331 g/mol. The molecule has 1 aromatic carbocycles. The predicted molar refractivity (Wildman–Crippen MR) is 83.3 cm³/mol. The van der Waals surface area contributed by atoms with E-state index in [0.717, 1.165) is 29.9 Å². The largest absolute Gasteiger partial charge is 0.383 e. The Kier molecular flexibility index (Phi) is 7.98. The molecule has 1 aromatic rings. The van der Waals surface area contributed by atoms with E-state index in [-0.39, 0.29) is 0 Å². The molecule has 0 spiro atoms. The highest BCUT2D eigenvalue weighted by Gasteiger charge is 2.05. The fourth-order valence-electron chi connectivity index (χ4n) is 1.46. The van der Waals surface area contributed by atoms with Crippen LogP contribution in [0.3, 0.4) is 0 Å². The summed E-state index contributed by atoms with van der Waals surface area (Å²) >= 11 is 5.47. The first-order chi connectivity index (χ1) is 8.63. The fraction of sp³-hybridized carbons (Fsp3) is 0.571. The van der Waals surface area contributed by atoms with Gasteiger partial charge >= 0.3 is 0 Å². The lowest BCUT2D eigenvalue weighted by Gasteiger charge is -2.12. The van der Waals surface area contributed by atoms with Gasteiger partial charge in [0, 0.05) is 35.3 Å². The molecule has 0 heterocycles. The van der Waals surface area contributed by atoms with Gasteiger partial charge in [-0.3, -0.25) is 0 Å². The zero-order valence-corrected chi connectivity index (χ0v) is 13.7. The molecule has 102 valence electrons. The van der Waals surface area contributed by atoms with Crippen LogP contribution in [0.1, 0.15) is 19.4 Å². The molecule has 0 unspecified atom stereocenters. The predicted octanol–water partition coefficient (Wildman–Crippen LogP) is 3.93. The van der Waals surface area contributed by atoms with Crippen molar-refractivity contribution in [3.63, 3.8) is 0 Å². The van der Waals surface area contributed by atoms with Gasteiger partial charge in [0.25, 0.3) is 0 Å². The summed E-state index contributed by atoms with van der Waals surface area (Å²) in [6, 6.07) is 6.50. The Labute approximate surface area is 123 Å². The van der Waals surface area contributed by atoms with E-state index in [9.17, 15) is 0 Å². The summed E-state index contributed by atoms with van der Waals surface area (Å²) in [5.41, 5.74) is 1.36. The molecule has 0 radical (unpaired) electrons. The van der Waals surface area contributed by atoms with Crippen molar-refractivity contribution in [1.82, 2.24) is 5.32 Å². The Balaban J connectivity index is 2.58. The van der Waals surface area contributed by atoms with Gasteiger partial charge in [0.15, 0.2) is 0 Å². The molecule has 0 fully saturated rings. The molecule has 1 rings (SSSR count). The van der Waals surface area contributed by atoms with E-state index in [4.69, 9.17) is 4.74 Å². The molecule has 0 bridgehead atoms. The molecule has 0 aromatic heterocycles. The molecule has 0 aliphatic carbocycles. The topological polar surface area (TPSA) is 21.3 Å². The normalized spacial score (nSPS) is 11.2. The van der Waals surface area contributed by atoms with Gasteiger partial charge in [0.2, 0.25) is 0 Å². The number of hydrogen-bond donors (Lipinski definition) is 1. The van der Waals surface area contributed by atoms with Crippen molar-refractivity contribution in [2.24, 2.45) is 5.92 Å². The van der Waals surface area contributed by atoms with Crippen LogP contribution in [0.2, 0.25) is 0 Å². The van der Waals surface area contributed by atoms with E-state index in [2.05, 4.69) is 53.3 Å². The second-order valence-electron chi connectivity index (χ2n) is 4.63. The SMILES string of the molecule is COCCNCc1ccc(Br)cc1SCC(C)C. The van der Waals surface area contributed by atoms with Crippen molar-refractivity contribution < 1.29 is 4.74 Å². The highest BCUT2D eigenvalue weighted by atomic mass is 79.9. The van der Waals surface area contributed by atoms with E-state index in [1.165, 1.54) is 10.5 Å². The summed E-state index contributed by atoms with van der Waals surface area (Å²) in [5, 5.41) is 3.40. The molecule has 0 atom stereocenters. The van der Waals surface area contributed by atoms with Crippen LogP contribution < -0.4 is 5.32 Å². The molecule has 0 amide bonds. The van der Waals surface area contributed by atoms with Crippen molar-refractivity contribution in [2.45, 2.75) is 25.3 Å². The first-order valence-electron chi connectivity index (χ1n) is 6.24. The van der Waals surface area contributed by atoms with E-state index >= 15 is 0 Å². The molecule has 0 aliphatic rings. The minimum atomic E-state index is 0.711. The van der Waals surface area contributed by atoms with Crippen LogP contribution in [-0.2, 0) is 11.3 Å². The fourth-order valence-corrected chi connectivity index (χ4v) is 3.02. The molecule has 2 nitrogen and oxygen atoms in total. The molecular weight excluding hydrogens is 310 g/mol. The minimum Gasteiger partial charge on any atom is -0.383 e. The van der Waals surface area contributed by atoms with Gasteiger partial charge in [-0.15, -0.1) is 11.8 Å². The highest BCUT2D eigenvalue weighted by Crippen LogP contribution is 2.28. The second kappa shape index (κ2) is 8.97. The summed E-state index contributed by atoms with van der Waals surface area (Å²) < 4.78 is 6.18. The number of ether oxygens (including phenoxy) is 1. The van der Waals surface area contributed by atoms with Gasteiger partial charge < -0.3 is 10.1 Å². The lowest BCUT2D eigenvalue weighted by atomic mass is 10.2. The third-order valence-electron chi connectivity index (χ3n) is 2.40. The van der Waals surface area contributed by atoms with Gasteiger partial charge in [-0.2, -0.15) is 0 Å². The number of benzene rings is 1. The molecule has 1 N–H and O–H groups in total. The number of thioether (sulfide) groups is 1. The van der Waals surface area contributed by atoms with Crippen molar-refractivity contribution in [1.29, 1.82) is 0 Å². The Hall–Kier alpha value is -0.0300. The lowest BCUT2D eigenvalue weighted by Crippen LogP contribution is -2.18. The van der Waals surface area contributed by atoms with Crippen LogP contribution in [0.5, 0.6) is 0 Å². The van der Waals surface area contributed by atoms with Gasteiger partial charge in [-0.25, -0.2) is 0 Å². The molecule has 0 saturated carbocycles. The van der Waals surface area contributed by atoms with E-state index < -0.39 is 0 Å². The second-order valence-corrected chi connectivity index (χ2v) is 6.60. The van der Waals surface area contributed by atoms with Crippen molar-refractivity contribution in [2.75, 3.05) is 26.0 Å². The van der Waals surface area contributed by atoms with Crippen molar-refractivity contribution in [3.05, 3.63) is 28.2 Å². The Morgan fingerprint density at radius 1 is 1.39 bits per heavy atom. The third-order valence-corrected chi connectivity index (χ3v) is 4.42. The molecule has 4 heteroatoms. The van der Waals surface area contributed by atoms with Crippen molar-refractivity contribution >= 4 is 27.7 Å². The van der Waals surface area contributed by atoms with Crippen LogP contribution in [0, 0.1) is 5.92 Å². The van der Waals surface area contributed by atoms with Crippen LogP contribution in [0.25, 0.3) is 0 Å². The number of rotatable bonds is 8. The van der Waals surface area contributed by atoms with Crippen LogP contribution >= 0.6 is 27.7 Å². The highest BCUT2D eigenvalue weighted by molar-refractivity contribution is 9.10. The zero-order chi connectivity index (χ0) is 13.4. The van der Waals surface area contributed by atoms with Crippen LogP contribution in [-0.4, -0.2) is 26.0 Å². The smallest absolute Gasteiger partial charge is 0.0587 e. The molecule has 0 saturated heterocycles. The molecule has 18 heavy (non-hydrogen) atoms. The summed E-state index contributed by atoms with van der Waals surface area (Å²) in [5.74, 6) is 1.87. The number of hydrogen-bond acceptors (Lipinski definition) is 3. The summed E-state index contributed by atoms with van der Waals surface area (Å²) in [7, 11) is 1.73. The summed E-state index contributed by atoms with van der Waals surface area (Å²) in [6.45, 7) is 7.05. The van der Waals surface area contributed by atoms with Gasteiger partial charge in [0.1, 0.15) is 0 Å². The van der Waals surface area contributed by atoms with E-state index in [1.807, 2.05) is 11.8 Å². The summed E-state index contributed by atoms with van der Waals surface area (Å²) in [6.07, 6.45) is 0. The first-order valence-corrected chi connectivity index (χ1v) is 8.02.